The molecule has 2 rings (SSSR count). The number of aromatic amines is 1. The fourth-order valence-electron chi connectivity index (χ4n) is 2.46. The van der Waals surface area contributed by atoms with E-state index in [0.29, 0.717) is 12.8 Å². The summed E-state index contributed by atoms with van der Waals surface area (Å²) in [6.45, 7) is -0.247. The summed E-state index contributed by atoms with van der Waals surface area (Å²) >= 11 is 5.65. The number of sulfonamides is 1. The molecule has 0 saturated heterocycles. The molecule has 1 heterocycles. The highest BCUT2D eigenvalue weighted by molar-refractivity contribution is 7.89. The van der Waals surface area contributed by atoms with Gasteiger partial charge in [-0.2, -0.15) is 0 Å². The van der Waals surface area contributed by atoms with Gasteiger partial charge in [0.25, 0.3) is 5.56 Å². The van der Waals surface area contributed by atoms with Gasteiger partial charge in [0, 0.05) is 6.20 Å². The number of nitrogens with one attached hydrogen (secondary N) is 2. The van der Waals surface area contributed by atoms with Crippen molar-refractivity contribution >= 4 is 21.6 Å². The average molecular weight is 321 g/mol. The smallest absolute Gasteiger partial charge is 0.266 e. The van der Waals surface area contributed by atoms with Gasteiger partial charge in [0.1, 0.15) is 5.02 Å². The molecular formula is C12H17ClN2O4S. The van der Waals surface area contributed by atoms with Crippen LogP contribution in [0.3, 0.4) is 0 Å². The van der Waals surface area contributed by atoms with Crippen molar-refractivity contribution < 1.29 is 13.5 Å². The van der Waals surface area contributed by atoms with Crippen LogP contribution in [0.1, 0.15) is 32.1 Å². The third-order valence-electron chi connectivity index (χ3n) is 3.61. The molecule has 1 saturated carbocycles. The van der Waals surface area contributed by atoms with Crippen molar-refractivity contribution in [3.63, 3.8) is 0 Å². The van der Waals surface area contributed by atoms with Crippen LogP contribution in [0.5, 0.6) is 0 Å². The molecule has 0 spiro atoms. The van der Waals surface area contributed by atoms with E-state index in [1.165, 1.54) is 0 Å². The van der Waals surface area contributed by atoms with Gasteiger partial charge in [-0.05, 0) is 18.9 Å². The number of aliphatic hydroxyl groups excluding tert-OH is 1. The highest BCUT2D eigenvalue weighted by atomic mass is 35.5. The molecule has 8 heteroatoms. The SMILES string of the molecule is O=c1[nH]cc(S(=O)(=O)NC2(CO)CCCCC2)cc1Cl. The van der Waals surface area contributed by atoms with Crippen LogP contribution in [-0.4, -0.2) is 30.7 Å². The van der Waals surface area contributed by atoms with Crippen molar-refractivity contribution in [3.8, 4) is 0 Å². The molecule has 1 fully saturated rings. The first-order valence-electron chi connectivity index (χ1n) is 6.42. The van der Waals surface area contributed by atoms with Gasteiger partial charge in [-0.15, -0.1) is 0 Å². The molecule has 1 aromatic heterocycles. The van der Waals surface area contributed by atoms with Crippen molar-refractivity contribution in [3.05, 3.63) is 27.6 Å². The van der Waals surface area contributed by atoms with E-state index in [0.717, 1.165) is 31.5 Å². The summed E-state index contributed by atoms with van der Waals surface area (Å²) in [5.74, 6) is 0. The second-order valence-electron chi connectivity index (χ2n) is 5.12. The minimum atomic E-state index is -3.83. The van der Waals surface area contributed by atoms with Crippen molar-refractivity contribution in [2.75, 3.05) is 6.61 Å². The van der Waals surface area contributed by atoms with E-state index < -0.39 is 21.1 Å². The Hall–Kier alpha value is -0.890. The molecule has 6 nitrogen and oxygen atoms in total. The Morgan fingerprint density at radius 2 is 2.00 bits per heavy atom. The number of aliphatic hydroxyl groups is 1. The van der Waals surface area contributed by atoms with Gasteiger partial charge in [0.2, 0.25) is 10.0 Å². The average Bonchev–Trinajstić information content (AvgIpc) is 2.42. The molecule has 1 aliphatic rings. The van der Waals surface area contributed by atoms with Gasteiger partial charge >= 0.3 is 0 Å². The van der Waals surface area contributed by atoms with Crippen LogP contribution in [0.2, 0.25) is 5.02 Å². The van der Waals surface area contributed by atoms with Crippen LogP contribution in [0.25, 0.3) is 0 Å². The number of hydrogen-bond donors (Lipinski definition) is 3. The lowest BCUT2D eigenvalue weighted by Gasteiger charge is -2.35. The molecule has 0 unspecified atom stereocenters. The molecule has 1 aliphatic carbocycles. The summed E-state index contributed by atoms with van der Waals surface area (Å²) < 4.78 is 27.2. The highest BCUT2D eigenvalue weighted by Gasteiger charge is 2.36. The molecule has 0 radical (unpaired) electrons. The molecule has 1 aromatic rings. The van der Waals surface area contributed by atoms with Crippen molar-refractivity contribution in [1.29, 1.82) is 0 Å². The Kier molecular flexibility index (Phi) is 4.53. The quantitative estimate of drug-likeness (QED) is 0.770. The van der Waals surface area contributed by atoms with Gasteiger partial charge in [-0.1, -0.05) is 30.9 Å². The second-order valence-corrected chi connectivity index (χ2v) is 7.21. The molecule has 3 N–H and O–H groups in total. The standard InChI is InChI=1S/C12H17ClN2O4S/c13-10-6-9(7-14-11(10)17)20(18,19)15-12(8-16)4-2-1-3-5-12/h6-7,15-16H,1-5,8H2,(H,14,17). The fraction of sp³-hybridized carbons (Fsp3) is 0.583. The Morgan fingerprint density at radius 1 is 1.35 bits per heavy atom. The minimum Gasteiger partial charge on any atom is -0.394 e. The molecule has 0 aromatic carbocycles. The zero-order valence-electron chi connectivity index (χ0n) is 10.9. The lowest BCUT2D eigenvalue weighted by molar-refractivity contribution is 0.142. The Morgan fingerprint density at radius 3 is 2.55 bits per heavy atom. The van der Waals surface area contributed by atoms with Crippen molar-refractivity contribution in [1.82, 2.24) is 9.71 Å². The zero-order chi connectivity index (χ0) is 14.8. The van der Waals surface area contributed by atoms with Crippen LogP contribution in [-0.2, 0) is 10.0 Å². The topological polar surface area (TPSA) is 99.3 Å². The normalized spacial score (nSPS) is 18.9. The molecule has 0 bridgehead atoms. The summed E-state index contributed by atoms with van der Waals surface area (Å²) in [5.41, 5.74) is -1.36. The Bertz CT molecular complexity index is 635. The van der Waals surface area contributed by atoms with E-state index in [9.17, 15) is 18.3 Å². The number of pyridine rings is 1. The van der Waals surface area contributed by atoms with Gasteiger partial charge in [-0.3, -0.25) is 4.79 Å². The third-order valence-corrected chi connectivity index (χ3v) is 5.44. The first-order chi connectivity index (χ1) is 9.38. The van der Waals surface area contributed by atoms with E-state index in [1.807, 2.05) is 0 Å². The molecule has 20 heavy (non-hydrogen) atoms. The minimum absolute atomic E-state index is 0.111. The highest BCUT2D eigenvalue weighted by Crippen LogP contribution is 2.29. The van der Waals surface area contributed by atoms with E-state index in [2.05, 4.69) is 9.71 Å². The number of H-pyrrole nitrogens is 1. The summed E-state index contributed by atoms with van der Waals surface area (Å²) in [6, 6.07) is 1.11. The van der Waals surface area contributed by atoms with Gasteiger partial charge in [0.15, 0.2) is 0 Å². The van der Waals surface area contributed by atoms with Crippen LogP contribution in [0.15, 0.2) is 22.0 Å². The van der Waals surface area contributed by atoms with E-state index >= 15 is 0 Å². The monoisotopic (exact) mass is 320 g/mol. The molecule has 112 valence electrons. The predicted molar refractivity (Wildman–Crippen MR) is 75.3 cm³/mol. The van der Waals surface area contributed by atoms with Crippen LogP contribution >= 0.6 is 11.6 Å². The second kappa shape index (κ2) is 5.85. The first-order valence-corrected chi connectivity index (χ1v) is 8.28. The van der Waals surface area contributed by atoms with Gasteiger partial charge < -0.3 is 10.1 Å². The Labute approximate surface area is 122 Å². The number of hydrogen-bond acceptors (Lipinski definition) is 4. The van der Waals surface area contributed by atoms with Crippen LogP contribution < -0.4 is 10.3 Å². The Balaban J connectivity index is 2.30. The predicted octanol–water partition coefficient (Wildman–Crippen LogP) is 1.00. The maximum Gasteiger partial charge on any atom is 0.266 e. The first kappa shape index (κ1) is 15.5. The number of aromatic nitrogens is 1. The van der Waals surface area contributed by atoms with Gasteiger partial charge in [-0.25, -0.2) is 13.1 Å². The maximum atomic E-state index is 12.3. The molecule has 0 aliphatic heterocycles. The van der Waals surface area contributed by atoms with Crippen LogP contribution in [0, 0.1) is 0 Å². The summed E-state index contributed by atoms with van der Waals surface area (Å²) in [6.07, 6.45) is 5.07. The van der Waals surface area contributed by atoms with Crippen LogP contribution in [0.4, 0.5) is 0 Å². The zero-order valence-corrected chi connectivity index (χ0v) is 12.4. The number of rotatable bonds is 4. The lowest BCUT2D eigenvalue weighted by atomic mass is 9.83. The van der Waals surface area contributed by atoms with Gasteiger partial charge in [0.05, 0.1) is 17.0 Å². The molecule has 0 amide bonds. The number of halogens is 1. The third kappa shape index (κ3) is 3.22. The summed E-state index contributed by atoms with van der Waals surface area (Å²) in [5, 5.41) is 9.35. The lowest BCUT2D eigenvalue weighted by Crippen LogP contribution is -2.52. The largest absolute Gasteiger partial charge is 0.394 e. The maximum absolute atomic E-state index is 12.3. The van der Waals surface area contributed by atoms with E-state index in [1.54, 1.807) is 0 Å². The fourth-order valence-corrected chi connectivity index (χ4v) is 4.14. The van der Waals surface area contributed by atoms with Crippen molar-refractivity contribution in [2.24, 2.45) is 0 Å². The summed E-state index contributed by atoms with van der Waals surface area (Å²) in [7, 11) is -3.83. The molecular weight excluding hydrogens is 304 g/mol. The molecule has 0 atom stereocenters. The van der Waals surface area contributed by atoms with Crippen molar-refractivity contribution in [2.45, 2.75) is 42.5 Å². The van der Waals surface area contributed by atoms with E-state index in [-0.39, 0.29) is 16.5 Å². The summed E-state index contributed by atoms with van der Waals surface area (Å²) in [4.78, 5) is 13.3. The van der Waals surface area contributed by atoms with E-state index in [4.69, 9.17) is 11.6 Å².